The van der Waals surface area contributed by atoms with Crippen LogP contribution in [0.2, 0.25) is 0 Å². The lowest BCUT2D eigenvalue weighted by atomic mass is 9.90. The number of rotatable bonds is 3. The Labute approximate surface area is 68.8 Å². The maximum absolute atomic E-state index is 2.33. The van der Waals surface area contributed by atoms with Crippen molar-refractivity contribution in [1.82, 2.24) is 0 Å². The Bertz CT molecular complexity index is 90.7. The average Bonchev–Trinajstić information content (AvgIpc) is 2.36. The first kappa shape index (κ1) is 8.45. The third kappa shape index (κ3) is 1.91. The van der Waals surface area contributed by atoms with Crippen LogP contribution in [0.5, 0.6) is 0 Å². The van der Waals surface area contributed by atoms with E-state index >= 15 is 0 Å². The average molecular weight is 158 g/mol. The highest BCUT2D eigenvalue weighted by molar-refractivity contribution is 7.99. The Morgan fingerprint density at radius 3 is 2.50 bits per heavy atom. The van der Waals surface area contributed by atoms with E-state index in [1.165, 1.54) is 30.8 Å². The second kappa shape index (κ2) is 4.27. The summed E-state index contributed by atoms with van der Waals surface area (Å²) >= 11 is 2.15. The molecule has 0 saturated carbocycles. The molecule has 2 atom stereocenters. The fraction of sp³-hybridized carbons (Fsp3) is 1.00. The highest BCUT2D eigenvalue weighted by Gasteiger charge is 2.24. The van der Waals surface area contributed by atoms with Crippen LogP contribution in [0.3, 0.4) is 0 Å². The molecule has 0 aromatic carbocycles. The Kier molecular flexibility index (Phi) is 3.61. The molecule has 1 saturated heterocycles. The molecule has 1 heterocycles. The standard InChI is InChI=1S/C9H18S/c1-3-5-9-7-10-6-8(9)4-2/h8-9H,3-7H2,1-2H3. The SMILES string of the molecule is CCCC1CSCC1CC. The monoisotopic (exact) mass is 158 g/mol. The summed E-state index contributed by atoms with van der Waals surface area (Å²) < 4.78 is 0. The molecule has 1 fully saturated rings. The van der Waals surface area contributed by atoms with Crippen LogP contribution in [0.4, 0.5) is 0 Å². The molecule has 1 rings (SSSR count). The third-order valence-electron chi connectivity index (χ3n) is 2.51. The molecule has 0 amide bonds. The Morgan fingerprint density at radius 2 is 1.90 bits per heavy atom. The zero-order chi connectivity index (χ0) is 7.40. The van der Waals surface area contributed by atoms with Crippen molar-refractivity contribution >= 4 is 11.8 Å². The molecular formula is C9H18S. The van der Waals surface area contributed by atoms with Crippen molar-refractivity contribution in [1.29, 1.82) is 0 Å². The fourth-order valence-electron chi connectivity index (χ4n) is 1.78. The van der Waals surface area contributed by atoms with Crippen LogP contribution in [-0.2, 0) is 0 Å². The second-order valence-electron chi connectivity index (χ2n) is 3.25. The number of hydrogen-bond acceptors (Lipinski definition) is 1. The summed E-state index contributed by atoms with van der Waals surface area (Å²) in [7, 11) is 0. The molecule has 0 N–H and O–H groups in total. The van der Waals surface area contributed by atoms with Crippen molar-refractivity contribution < 1.29 is 0 Å². The molecule has 2 unspecified atom stereocenters. The quantitative estimate of drug-likeness (QED) is 0.608. The fourth-order valence-corrected chi connectivity index (χ4v) is 3.47. The zero-order valence-electron chi connectivity index (χ0n) is 7.10. The van der Waals surface area contributed by atoms with E-state index in [0.29, 0.717) is 0 Å². The maximum Gasteiger partial charge on any atom is -0.00361 e. The summed E-state index contributed by atoms with van der Waals surface area (Å²) in [5, 5.41) is 0. The lowest BCUT2D eigenvalue weighted by molar-refractivity contribution is 0.381. The van der Waals surface area contributed by atoms with Gasteiger partial charge in [0.25, 0.3) is 0 Å². The van der Waals surface area contributed by atoms with Crippen molar-refractivity contribution in [3.8, 4) is 0 Å². The van der Waals surface area contributed by atoms with E-state index < -0.39 is 0 Å². The smallest absolute Gasteiger partial charge is 0.00361 e. The number of hydrogen-bond donors (Lipinski definition) is 0. The van der Waals surface area contributed by atoms with E-state index in [9.17, 15) is 0 Å². The van der Waals surface area contributed by atoms with Crippen molar-refractivity contribution in [2.24, 2.45) is 11.8 Å². The summed E-state index contributed by atoms with van der Waals surface area (Å²) in [6, 6.07) is 0. The van der Waals surface area contributed by atoms with Crippen LogP contribution < -0.4 is 0 Å². The highest BCUT2D eigenvalue weighted by atomic mass is 32.2. The molecule has 0 radical (unpaired) electrons. The van der Waals surface area contributed by atoms with Gasteiger partial charge in [-0.1, -0.05) is 26.7 Å². The van der Waals surface area contributed by atoms with E-state index in [-0.39, 0.29) is 0 Å². The molecule has 0 nitrogen and oxygen atoms in total. The van der Waals surface area contributed by atoms with E-state index in [1.54, 1.807) is 0 Å². The van der Waals surface area contributed by atoms with Gasteiger partial charge in [0, 0.05) is 0 Å². The minimum Gasteiger partial charge on any atom is -0.161 e. The predicted molar refractivity (Wildman–Crippen MR) is 49.5 cm³/mol. The van der Waals surface area contributed by atoms with Gasteiger partial charge in [0.05, 0.1) is 0 Å². The first-order valence-corrected chi connectivity index (χ1v) is 5.61. The van der Waals surface area contributed by atoms with Gasteiger partial charge in [0.2, 0.25) is 0 Å². The topological polar surface area (TPSA) is 0 Å². The Balaban J connectivity index is 2.27. The second-order valence-corrected chi connectivity index (χ2v) is 4.33. The Hall–Kier alpha value is 0.350. The molecule has 0 spiro atoms. The minimum atomic E-state index is 1.05. The molecule has 1 aliphatic heterocycles. The normalized spacial score (nSPS) is 33.0. The largest absolute Gasteiger partial charge is 0.161 e. The molecule has 1 aliphatic rings. The summed E-state index contributed by atoms with van der Waals surface area (Å²) in [6.07, 6.45) is 4.24. The molecule has 0 aliphatic carbocycles. The minimum absolute atomic E-state index is 1.05. The van der Waals surface area contributed by atoms with Crippen LogP contribution in [-0.4, -0.2) is 11.5 Å². The first-order chi connectivity index (χ1) is 4.88. The van der Waals surface area contributed by atoms with Gasteiger partial charge in [-0.2, -0.15) is 11.8 Å². The summed E-state index contributed by atoms with van der Waals surface area (Å²) in [6.45, 7) is 4.63. The van der Waals surface area contributed by atoms with Gasteiger partial charge in [-0.3, -0.25) is 0 Å². The molecule has 10 heavy (non-hydrogen) atoms. The molecule has 0 aromatic heterocycles. The highest BCUT2D eigenvalue weighted by Crippen LogP contribution is 2.34. The van der Waals surface area contributed by atoms with E-state index in [1.807, 2.05) is 0 Å². The lowest BCUT2D eigenvalue weighted by Gasteiger charge is -2.14. The van der Waals surface area contributed by atoms with Gasteiger partial charge in [-0.15, -0.1) is 0 Å². The first-order valence-electron chi connectivity index (χ1n) is 4.46. The van der Waals surface area contributed by atoms with E-state index in [0.717, 1.165) is 11.8 Å². The van der Waals surface area contributed by atoms with Gasteiger partial charge in [-0.25, -0.2) is 0 Å². The van der Waals surface area contributed by atoms with Crippen molar-refractivity contribution in [2.45, 2.75) is 33.1 Å². The predicted octanol–water partition coefficient (Wildman–Crippen LogP) is 3.18. The van der Waals surface area contributed by atoms with E-state index in [2.05, 4.69) is 25.6 Å². The summed E-state index contributed by atoms with van der Waals surface area (Å²) in [5.41, 5.74) is 0. The van der Waals surface area contributed by atoms with Crippen LogP contribution in [0.25, 0.3) is 0 Å². The zero-order valence-corrected chi connectivity index (χ0v) is 7.91. The van der Waals surface area contributed by atoms with E-state index in [4.69, 9.17) is 0 Å². The number of thioether (sulfide) groups is 1. The molecule has 0 aromatic rings. The van der Waals surface area contributed by atoms with Crippen LogP contribution >= 0.6 is 11.8 Å². The van der Waals surface area contributed by atoms with Gasteiger partial charge in [-0.05, 0) is 29.8 Å². The van der Waals surface area contributed by atoms with Gasteiger partial charge in [0.1, 0.15) is 0 Å². The summed E-state index contributed by atoms with van der Waals surface area (Å²) in [4.78, 5) is 0. The summed E-state index contributed by atoms with van der Waals surface area (Å²) in [5.74, 6) is 4.97. The van der Waals surface area contributed by atoms with Gasteiger partial charge in [0.15, 0.2) is 0 Å². The van der Waals surface area contributed by atoms with Crippen LogP contribution in [0, 0.1) is 11.8 Å². The molecule has 60 valence electrons. The molecular weight excluding hydrogens is 140 g/mol. The lowest BCUT2D eigenvalue weighted by Crippen LogP contribution is -2.10. The van der Waals surface area contributed by atoms with Gasteiger partial charge < -0.3 is 0 Å². The third-order valence-corrected chi connectivity index (χ3v) is 3.84. The molecule has 1 heteroatoms. The van der Waals surface area contributed by atoms with Gasteiger partial charge >= 0.3 is 0 Å². The molecule has 0 bridgehead atoms. The van der Waals surface area contributed by atoms with Crippen LogP contribution in [0.1, 0.15) is 33.1 Å². The van der Waals surface area contributed by atoms with Crippen molar-refractivity contribution in [2.75, 3.05) is 11.5 Å². The van der Waals surface area contributed by atoms with Crippen LogP contribution in [0.15, 0.2) is 0 Å². The maximum atomic E-state index is 2.33. The van der Waals surface area contributed by atoms with Crippen molar-refractivity contribution in [3.05, 3.63) is 0 Å². The van der Waals surface area contributed by atoms with Crippen molar-refractivity contribution in [3.63, 3.8) is 0 Å². The Morgan fingerprint density at radius 1 is 1.20 bits per heavy atom.